The molecule has 0 unspecified atom stereocenters. The minimum absolute atomic E-state index is 0.119. The first kappa shape index (κ1) is 18.9. The lowest BCUT2D eigenvalue weighted by molar-refractivity contribution is -0.113. The molecule has 1 heterocycles. The van der Waals surface area contributed by atoms with Gasteiger partial charge in [0.15, 0.2) is 5.03 Å². The zero-order chi connectivity index (χ0) is 19.4. The smallest absolute Gasteiger partial charge is 0.287 e. The number of amides is 1. The van der Waals surface area contributed by atoms with Gasteiger partial charge in [0.2, 0.25) is 5.91 Å². The van der Waals surface area contributed by atoms with Crippen LogP contribution in [0.1, 0.15) is 16.7 Å². The van der Waals surface area contributed by atoms with E-state index in [1.54, 1.807) is 17.0 Å². The summed E-state index contributed by atoms with van der Waals surface area (Å²) in [5, 5.41) is 3.17. The lowest BCUT2D eigenvalue weighted by Crippen LogP contribution is -2.22. The van der Waals surface area contributed by atoms with Gasteiger partial charge in [-0.3, -0.25) is 14.2 Å². The zero-order valence-electron chi connectivity index (χ0n) is 15.5. The van der Waals surface area contributed by atoms with E-state index in [0.717, 1.165) is 34.3 Å². The number of aromatic nitrogens is 2. The molecular weight excluding hydrogens is 358 g/mol. The summed E-state index contributed by atoms with van der Waals surface area (Å²) in [5.74, 6) is -0.0508. The molecule has 0 atom stereocenters. The summed E-state index contributed by atoms with van der Waals surface area (Å²) in [6.07, 6.45) is 3.22. The maximum absolute atomic E-state index is 12.7. The van der Waals surface area contributed by atoms with Gasteiger partial charge in [-0.1, -0.05) is 36.0 Å². The third-order valence-corrected chi connectivity index (χ3v) is 5.30. The summed E-state index contributed by atoms with van der Waals surface area (Å²) >= 11 is 1.14. The van der Waals surface area contributed by atoms with Gasteiger partial charge >= 0.3 is 0 Å². The van der Waals surface area contributed by atoms with Crippen molar-refractivity contribution in [3.05, 3.63) is 81.9 Å². The molecule has 6 heteroatoms. The highest BCUT2D eigenvalue weighted by Crippen LogP contribution is 2.17. The van der Waals surface area contributed by atoms with Crippen LogP contribution in [0.5, 0.6) is 0 Å². The molecule has 0 aliphatic carbocycles. The van der Waals surface area contributed by atoms with Crippen LogP contribution < -0.4 is 10.9 Å². The maximum atomic E-state index is 12.7. The van der Waals surface area contributed by atoms with Crippen molar-refractivity contribution in [1.82, 2.24) is 9.55 Å². The predicted octanol–water partition coefficient (Wildman–Crippen LogP) is 3.89. The fourth-order valence-corrected chi connectivity index (χ4v) is 3.30. The zero-order valence-corrected chi connectivity index (χ0v) is 16.3. The number of aryl methyl sites for hydroxylation is 3. The number of hydrogen-bond acceptors (Lipinski definition) is 4. The third-order valence-electron chi connectivity index (χ3n) is 4.34. The number of thioether (sulfide) groups is 1. The van der Waals surface area contributed by atoms with Crippen LogP contribution in [0.25, 0.3) is 5.69 Å². The van der Waals surface area contributed by atoms with E-state index in [0.29, 0.717) is 5.03 Å². The lowest BCUT2D eigenvalue weighted by Gasteiger charge is -2.10. The van der Waals surface area contributed by atoms with Gasteiger partial charge in [-0.15, -0.1) is 0 Å². The van der Waals surface area contributed by atoms with Crippen molar-refractivity contribution in [1.29, 1.82) is 0 Å². The minimum atomic E-state index is -0.227. The van der Waals surface area contributed by atoms with E-state index in [9.17, 15) is 9.59 Å². The Labute approximate surface area is 162 Å². The molecule has 1 N–H and O–H groups in total. The Bertz CT molecular complexity index is 1040. The summed E-state index contributed by atoms with van der Waals surface area (Å²) in [4.78, 5) is 29.1. The standard InChI is InChI=1S/C21H21N3O2S/c1-14-8-9-17(12-16(14)3)24-11-10-22-20(21(24)26)27-13-19(25)23-18-7-5-4-6-15(18)2/h4-12H,13H2,1-3H3,(H,23,25). The topological polar surface area (TPSA) is 64.0 Å². The first-order chi connectivity index (χ1) is 13.0. The Morgan fingerprint density at radius 1 is 1.07 bits per heavy atom. The number of rotatable bonds is 5. The quantitative estimate of drug-likeness (QED) is 0.683. The Hall–Kier alpha value is -2.86. The van der Waals surface area contributed by atoms with Crippen molar-refractivity contribution in [3.8, 4) is 5.69 Å². The van der Waals surface area contributed by atoms with Crippen molar-refractivity contribution in [2.75, 3.05) is 11.1 Å². The van der Waals surface area contributed by atoms with Gasteiger partial charge < -0.3 is 5.32 Å². The fourth-order valence-electron chi connectivity index (χ4n) is 2.60. The summed E-state index contributed by atoms with van der Waals surface area (Å²) < 4.78 is 1.56. The third kappa shape index (κ3) is 4.46. The van der Waals surface area contributed by atoms with Gasteiger partial charge in [0, 0.05) is 23.8 Å². The molecule has 5 nitrogen and oxygen atoms in total. The van der Waals surface area contributed by atoms with E-state index < -0.39 is 0 Å². The highest BCUT2D eigenvalue weighted by Gasteiger charge is 2.11. The number of carbonyl (C=O) groups excluding carboxylic acids is 1. The van der Waals surface area contributed by atoms with Crippen LogP contribution in [0.2, 0.25) is 0 Å². The van der Waals surface area contributed by atoms with Crippen LogP contribution in [-0.2, 0) is 4.79 Å². The molecule has 0 bridgehead atoms. The number of nitrogens with zero attached hydrogens (tertiary/aromatic N) is 2. The van der Waals surface area contributed by atoms with E-state index >= 15 is 0 Å². The van der Waals surface area contributed by atoms with E-state index in [4.69, 9.17) is 0 Å². The monoisotopic (exact) mass is 379 g/mol. The van der Waals surface area contributed by atoms with Gasteiger partial charge in [-0.05, 0) is 55.7 Å². The largest absolute Gasteiger partial charge is 0.325 e. The molecular formula is C21H21N3O2S. The Morgan fingerprint density at radius 2 is 1.85 bits per heavy atom. The van der Waals surface area contributed by atoms with Gasteiger partial charge in [0.05, 0.1) is 5.75 Å². The molecule has 27 heavy (non-hydrogen) atoms. The number of nitrogens with one attached hydrogen (secondary N) is 1. The molecule has 0 aliphatic rings. The molecule has 0 spiro atoms. The molecule has 138 valence electrons. The second kappa shape index (κ2) is 8.22. The van der Waals surface area contributed by atoms with Gasteiger partial charge in [-0.2, -0.15) is 0 Å². The number of carbonyl (C=O) groups is 1. The maximum Gasteiger partial charge on any atom is 0.287 e. The number of para-hydroxylation sites is 1. The molecule has 3 rings (SSSR count). The second-order valence-corrected chi connectivity index (χ2v) is 7.29. The van der Waals surface area contributed by atoms with E-state index in [1.165, 1.54) is 5.56 Å². The SMILES string of the molecule is Cc1ccc(-n2ccnc(SCC(=O)Nc3ccccc3C)c2=O)cc1C. The average Bonchev–Trinajstić information content (AvgIpc) is 2.65. The van der Waals surface area contributed by atoms with E-state index in [1.807, 2.05) is 63.2 Å². The Balaban J connectivity index is 1.74. The summed E-state index contributed by atoms with van der Waals surface area (Å²) in [5.41, 5.74) is 4.61. The minimum Gasteiger partial charge on any atom is -0.325 e. The van der Waals surface area contributed by atoms with Crippen LogP contribution in [0.3, 0.4) is 0 Å². The molecule has 2 aromatic carbocycles. The normalized spacial score (nSPS) is 10.6. The van der Waals surface area contributed by atoms with Crippen molar-refractivity contribution in [2.24, 2.45) is 0 Å². The molecule has 0 radical (unpaired) electrons. The highest BCUT2D eigenvalue weighted by atomic mass is 32.2. The van der Waals surface area contributed by atoms with Crippen molar-refractivity contribution < 1.29 is 4.79 Å². The average molecular weight is 379 g/mol. The molecule has 0 saturated heterocycles. The molecule has 1 aromatic heterocycles. The number of hydrogen-bond donors (Lipinski definition) is 1. The van der Waals surface area contributed by atoms with Crippen LogP contribution in [0.4, 0.5) is 5.69 Å². The molecule has 1 amide bonds. The second-order valence-electron chi connectivity index (χ2n) is 6.33. The first-order valence-corrected chi connectivity index (χ1v) is 9.58. The predicted molar refractivity (Wildman–Crippen MR) is 110 cm³/mol. The summed E-state index contributed by atoms with van der Waals surface area (Å²) in [6, 6.07) is 13.4. The number of benzene rings is 2. The Morgan fingerprint density at radius 3 is 2.59 bits per heavy atom. The molecule has 3 aromatic rings. The van der Waals surface area contributed by atoms with E-state index in [-0.39, 0.29) is 17.2 Å². The van der Waals surface area contributed by atoms with Crippen LogP contribution in [0, 0.1) is 20.8 Å². The van der Waals surface area contributed by atoms with E-state index in [2.05, 4.69) is 10.3 Å². The van der Waals surface area contributed by atoms with Crippen molar-refractivity contribution in [3.63, 3.8) is 0 Å². The highest BCUT2D eigenvalue weighted by molar-refractivity contribution is 7.99. The molecule has 0 fully saturated rings. The molecule has 0 saturated carbocycles. The van der Waals surface area contributed by atoms with Crippen LogP contribution in [-0.4, -0.2) is 21.2 Å². The van der Waals surface area contributed by atoms with Crippen molar-refractivity contribution >= 4 is 23.4 Å². The Kier molecular flexibility index (Phi) is 5.76. The van der Waals surface area contributed by atoms with Gasteiger partial charge in [-0.25, -0.2) is 4.98 Å². The summed E-state index contributed by atoms with van der Waals surface area (Å²) in [6.45, 7) is 5.98. The lowest BCUT2D eigenvalue weighted by atomic mass is 10.1. The first-order valence-electron chi connectivity index (χ1n) is 8.59. The number of anilines is 1. The van der Waals surface area contributed by atoms with Gasteiger partial charge in [0.1, 0.15) is 0 Å². The van der Waals surface area contributed by atoms with Crippen LogP contribution in [0.15, 0.2) is 64.7 Å². The van der Waals surface area contributed by atoms with Crippen molar-refractivity contribution in [2.45, 2.75) is 25.8 Å². The molecule has 0 aliphatic heterocycles. The van der Waals surface area contributed by atoms with Gasteiger partial charge in [0.25, 0.3) is 5.56 Å². The fraction of sp³-hybridized carbons (Fsp3) is 0.190. The van der Waals surface area contributed by atoms with Crippen LogP contribution >= 0.6 is 11.8 Å². The summed E-state index contributed by atoms with van der Waals surface area (Å²) in [7, 11) is 0.